The van der Waals surface area contributed by atoms with Gasteiger partial charge in [-0.15, -0.1) is 0 Å². The number of rotatable bonds is 6. The van der Waals surface area contributed by atoms with Gasteiger partial charge in [0.25, 0.3) is 0 Å². The maximum absolute atomic E-state index is 9.90. The molecular weight excluding hydrogens is 231 g/mol. The fourth-order valence-electron chi connectivity index (χ4n) is 0.420. The lowest BCUT2D eigenvalue weighted by molar-refractivity contribution is -0.116. The second-order valence-electron chi connectivity index (χ2n) is 2.36. The Hall–Kier alpha value is -0.160. The van der Waals surface area contributed by atoms with Crippen molar-refractivity contribution in [3.8, 4) is 0 Å². The monoisotopic (exact) mass is 244 g/mol. The highest BCUT2D eigenvalue weighted by Gasteiger charge is 1.99. The molecule has 6 heteroatoms. The van der Waals surface area contributed by atoms with Crippen molar-refractivity contribution in [1.29, 1.82) is 0 Å². The average Bonchev–Trinajstić information content (AvgIpc) is 2.12. The quantitative estimate of drug-likeness (QED) is 0.541. The maximum atomic E-state index is 9.90. The van der Waals surface area contributed by atoms with E-state index in [9.17, 15) is 9.59 Å². The lowest BCUT2D eigenvalue weighted by Gasteiger charge is -1.85. The number of halogens is 2. The summed E-state index contributed by atoms with van der Waals surface area (Å²) >= 11 is 9.74. The van der Waals surface area contributed by atoms with Crippen molar-refractivity contribution in [2.24, 2.45) is 0 Å². The number of carbonyl (C=O) groups is 2. The molecule has 0 saturated carbocycles. The fourth-order valence-corrected chi connectivity index (χ4v) is 0.609. The van der Waals surface area contributed by atoms with Crippen LogP contribution >= 0.6 is 23.2 Å². The summed E-state index contributed by atoms with van der Waals surface area (Å²) < 4.78 is 0. The SMILES string of the molecule is O=C(Cl)CCC(=O)Cl.OCCCCO. The van der Waals surface area contributed by atoms with Crippen LogP contribution in [0.15, 0.2) is 0 Å². The van der Waals surface area contributed by atoms with Gasteiger partial charge in [-0.25, -0.2) is 0 Å². The molecule has 84 valence electrons. The van der Waals surface area contributed by atoms with E-state index in [1.807, 2.05) is 0 Å². The molecule has 0 aromatic heterocycles. The third kappa shape index (κ3) is 22.6. The molecule has 0 amide bonds. The zero-order valence-electron chi connectivity index (χ0n) is 7.71. The lowest BCUT2D eigenvalue weighted by Crippen LogP contribution is -1.90. The van der Waals surface area contributed by atoms with Crippen molar-refractivity contribution >= 4 is 33.7 Å². The second kappa shape index (κ2) is 12.8. The van der Waals surface area contributed by atoms with Crippen LogP contribution in [0.25, 0.3) is 0 Å². The zero-order valence-corrected chi connectivity index (χ0v) is 9.22. The predicted octanol–water partition coefficient (Wildman–Crippen LogP) is 1.05. The number of hydrogen-bond acceptors (Lipinski definition) is 4. The van der Waals surface area contributed by atoms with E-state index in [1.165, 1.54) is 0 Å². The van der Waals surface area contributed by atoms with Gasteiger partial charge >= 0.3 is 0 Å². The van der Waals surface area contributed by atoms with Crippen LogP contribution in [0.1, 0.15) is 25.7 Å². The predicted molar refractivity (Wildman–Crippen MR) is 54.4 cm³/mol. The summed E-state index contributed by atoms with van der Waals surface area (Å²) in [4.78, 5) is 19.8. The average molecular weight is 245 g/mol. The molecule has 4 nitrogen and oxygen atoms in total. The van der Waals surface area contributed by atoms with E-state index in [1.54, 1.807) is 0 Å². The van der Waals surface area contributed by atoms with E-state index in [0.717, 1.165) is 12.8 Å². The van der Waals surface area contributed by atoms with Crippen molar-refractivity contribution in [3.05, 3.63) is 0 Å². The van der Waals surface area contributed by atoms with Crippen LogP contribution < -0.4 is 0 Å². The van der Waals surface area contributed by atoms with Crippen LogP contribution in [-0.4, -0.2) is 33.9 Å². The van der Waals surface area contributed by atoms with E-state index in [0.29, 0.717) is 0 Å². The molecule has 0 aliphatic heterocycles. The summed E-state index contributed by atoms with van der Waals surface area (Å²) in [6.07, 6.45) is 1.50. The third-order valence-electron chi connectivity index (χ3n) is 1.08. The summed E-state index contributed by atoms with van der Waals surface area (Å²) in [6, 6.07) is 0. The molecule has 0 atom stereocenters. The van der Waals surface area contributed by atoms with Crippen LogP contribution in [0.2, 0.25) is 0 Å². The maximum Gasteiger partial charge on any atom is 0.222 e. The van der Waals surface area contributed by atoms with Crippen LogP contribution in [0.3, 0.4) is 0 Å². The first-order chi connectivity index (χ1) is 6.54. The standard InChI is InChI=1S/C4H4Cl2O2.C4H10O2/c5-3(7)1-2-4(6)8;5-3-1-2-4-6/h1-2H2;5-6H,1-4H2. The summed E-state index contributed by atoms with van der Waals surface area (Å²) in [5.74, 6) is 0. The first kappa shape index (κ1) is 16.3. The Bertz CT molecular complexity index is 143. The number of aliphatic hydroxyl groups is 2. The molecule has 0 saturated heterocycles. The molecule has 14 heavy (non-hydrogen) atoms. The van der Waals surface area contributed by atoms with Gasteiger partial charge < -0.3 is 10.2 Å². The molecular formula is C8H14Cl2O4. The Morgan fingerprint density at radius 1 is 0.857 bits per heavy atom. The van der Waals surface area contributed by atoms with Crippen molar-refractivity contribution in [3.63, 3.8) is 0 Å². The van der Waals surface area contributed by atoms with Gasteiger partial charge in [0.05, 0.1) is 0 Å². The van der Waals surface area contributed by atoms with E-state index < -0.39 is 10.5 Å². The van der Waals surface area contributed by atoms with E-state index >= 15 is 0 Å². The molecule has 0 bridgehead atoms. The lowest BCUT2D eigenvalue weighted by atomic mass is 10.3. The van der Waals surface area contributed by atoms with Crippen LogP contribution in [-0.2, 0) is 9.59 Å². The van der Waals surface area contributed by atoms with E-state index in [2.05, 4.69) is 0 Å². The van der Waals surface area contributed by atoms with Crippen LogP contribution in [0.4, 0.5) is 0 Å². The van der Waals surface area contributed by atoms with Gasteiger partial charge in [-0.05, 0) is 36.0 Å². The molecule has 0 radical (unpaired) electrons. The minimum atomic E-state index is -0.529. The smallest absolute Gasteiger partial charge is 0.222 e. The molecule has 0 unspecified atom stereocenters. The Morgan fingerprint density at radius 2 is 1.14 bits per heavy atom. The van der Waals surface area contributed by atoms with E-state index in [-0.39, 0.29) is 26.1 Å². The summed E-state index contributed by atoms with van der Waals surface area (Å²) in [5, 5.41) is 15.1. The molecule has 0 rings (SSSR count). The van der Waals surface area contributed by atoms with Crippen LogP contribution in [0.5, 0.6) is 0 Å². The molecule has 0 spiro atoms. The minimum absolute atomic E-state index is 0.0316. The highest BCUT2D eigenvalue weighted by molar-refractivity contribution is 6.65. The van der Waals surface area contributed by atoms with Crippen molar-refractivity contribution in [2.45, 2.75) is 25.7 Å². The molecule has 0 heterocycles. The number of unbranched alkanes of at least 4 members (excludes halogenated alkanes) is 1. The molecule has 0 aromatic rings. The first-order valence-corrected chi connectivity index (χ1v) is 4.88. The van der Waals surface area contributed by atoms with Gasteiger partial charge in [-0.1, -0.05) is 0 Å². The molecule has 0 aliphatic carbocycles. The molecule has 0 fully saturated rings. The van der Waals surface area contributed by atoms with Gasteiger partial charge in [0, 0.05) is 26.1 Å². The topological polar surface area (TPSA) is 74.6 Å². The highest BCUT2D eigenvalue weighted by Crippen LogP contribution is 1.97. The Labute approximate surface area is 92.8 Å². The first-order valence-electron chi connectivity index (χ1n) is 4.13. The summed E-state index contributed by atoms with van der Waals surface area (Å²) in [6.45, 7) is 0.390. The zero-order chi connectivity index (χ0) is 11.4. The number of hydrogen-bond donors (Lipinski definition) is 2. The third-order valence-corrected chi connectivity index (χ3v) is 1.46. The van der Waals surface area contributed by atoms with E-state index in [4.69, 9.17) is 33.4 Å². The van der Waals surface area contributed by atoms with Gasteiger partial charge in [-0.2, -0.15) is 0 Å². The normalized spacial score (nSPS) is 8.86. The minimum Gasteiger partial charge on any atom is -0.396 e. The number of carbonyl (C=O) groups excluding carboxylic acids is 2. The molecule has 2 N–H and O–H groups in total. The van der Waals surface area contributed by atoms with Crippen molar-refractivity contribution < 1.29 is 19.8 Å². The summed E-state index contributed by atoms with van der Waals surface area (Å²) in [7, 11) is 0. The van der Waals surface area contributed by atoms with Crippen molar-refractivity contribution in [2.75, 3.05) is 13.2 Å². The second-order valence-corrected chi connectivity index (χ2v) is 3.21. The van der Waals surface area contributed by atoms with Gasteiger partial charge in [0.15, 0.2) is 0 Å². The van der Waals surface area contributed by atoms with Crippen molar-refractivity contribution in [1.82, 2.24) is 0 Å². The van der Waals surface area contributed by atoms with Gasteiger partial charge in [-0.3, -0.25) is 9.59 Å². The van der Waals surface area contributed by atoms with Gasteiger partial charge in [0.2, 0.25) is 10.5 Å². The van der Waals surface area contributed by atoms with Crippen LogP contribution in [0, 0.1) is 0 Å². The summed E-state index contributed by atoms with van der Waals surface area (Å²) in [5.41, 5.74) is 0. The largest absolute Gasteiger partial charge is 0.396 e. The fraction of sp³-hybridized carbons (Fsp3) is 0.750. The molecule has 0 aromatic carbocycles. The van der Waals surface area contributed by atoms with Gasteiger partial charge in [0.1, 0.15) is 0 Å². The Balaban J connectivity index is 0. The Morgan fingerprint density at radius 3 is 1.29 bits per heavy atom. The Kier molecular flexibility index (Phi) is 14.9. The number of aliphatic hydroxyl groups excluding tert-OH is 2. The molecule has 0 aliphatic rings. The highest BCUT2D eigenvalue weighted by atomic mass is 35.5.